The Morgan fingerprint density at radius 3 is 2.19 bits per heavy atom. The summed E-state index contributed by atoms with van der Waals surface area (Å²) in [6.07, 6.45) is -6.59. The zero-order valence-electron chi connectivity index (χ0n) is 15.8. The van der Waals surface area contributed by atoms with Gasteiger partial charge in [-0.05, 0) is 48.5 Å². The first-order valence-corrected chi connectivity index (χ1v) is 9.74. The van der Waals surface area contributed by atoms with Gasteiger partial charge in [0.2, 0.25) is 0 Å². The van der Waals surface area contributed by atoms with Crippen molar-refractivity contribution in [3.63, 3.8) is 0 Å². The number of pyridine rings is 1. The SMILES string of the molecule is FC(F)(F)c1ccc(Nc2ncnc3cc(-c4ncccc4C(F)(F)F)c(Br)cc23)cc1. The van der Waals surface area contributed by atoms with E-state index in [1.807, 2.05) is 0 Å². The van der Waals surface area contributed by atoms with Crippen molar-refractivity contribution in [1.82, 2.24) is 15.0 Å². The lowest BCUT2D eigenvalue weighted by Gasteiger charge is -2.14. The van der Waals surface area contributed by atoms with E-state index < -0.39 is 23.5 Å². The normalized spacial score (nSPS) is 12.2. The number of rotatable bonds is 3. The van der Waals surface area contributed by atoms with Crippen LogP contribution in [0.3, 0.4) is 0 Å². The van der Waals surface area contributed by atoms with Crippen molar-refractivity contribution in [2.45, 2.75) is 12.4 Å². The molecule has 0 spiro atoms. The Morgan fingerprint density at radius 2 is 1.53 bits per heavy atom. The van der Waals surface area contributed by atoms with Crippen LogP contribution in [0.15, 0.2) is 65.5 Å². The van der Waals surface area contributed by atoms with E-state index in [-0.39, 0.29) is 17.1 Å². The number of hydrogen-bond donors (Lipinski definition) is 1. The number of anilines is 2. The Hall–Kier alpha value is -3.21. The second kappa shape index (κ2) is 8.05. The highest BCUT2D eigenvalue weighted by Gasteiger charge is 2.35. The smallest absolute Gasteiger partial charge is 0.340 e. The van der Waals surface area contributed by atoms with Gasteiger partial charge < -0.3 is 5.32 Å². The third-order valence-electron chi connectivity index (χ3n) is 4.57. The van der Waals surface area contributed by atoms with E-state index in [0.29, 0.717) is 21.1 Å². The number of nitrogens with zero attached hydrogens (tertiary/aromatic N) is 3. The van der Waals surface area contributed by atoms with Gasteiger partial charge in [-0.15, -0.1) is 0 Å². The molecule has 2 aromatic heterocycles. The van der Waals surface area contributed by atoms with Crippen molar-refractivity contribution in [2.75, 3.05) is 5.32 Å². The molecule has 0 bridgehead atoms. The minimum Gasteiger partial charge on any atom is -0.340 e. The molecule has 0 aliphatic heterocycles. The number of aromatic nitrogens is 3. The summed E-state index contributed by atoms with van der Waals surface area (Å²) < 4.78 is 78.9. The average molecular weight is 513 g/mol. The van der Waals surface area contributed by atoms with Crippen LogP contribution in [0.4, 0.5) is 37.8 Å². The van der Waals surface area contributed by atoms with Crippen molar-refractivity contribution in [2.24, 2.45) is 0 Å². The predicted molar refractivity (Wildman–Crippen MR) is 110 cm³/mol. The average Bonchev–Trinajstić information content (AvgIpc) is 2.73. The third-order valence-corrected chi connectivity index (χ3v) is 5.22. The zero-order valence-corrected chi connectivity index (χ0v) is 17.3. The quantitative estimate of drug-likeness (QED) is 0.294. The van der Waals surface area contributed by atoms with Gasteiger partial charge in [-0.2, -0.15) is 26.3 Å². The first-order valence-electron chi connectivity index (χ1n) is 8.95. The summed E-state index contributed by atoms with van der Waals surface area (Å²) in [6, 6.07) is 9.49. The van der Waals surface area contributed by atoms with Gasteiger partial charge in [0.15, 0.2) is 0 Å². The summed E-state index contributed by atoms with van der Waals surface area (Å²) in [7, 11) is 0. The summed E-state index contributed by atoms with van der Waals surface area (Å²) in [5, 5.41) is 3.36. The molecule has 4 nitrogen and oxygen atoms in total. The predicted octanol–water partition coefficient (Wildman–Crippen LogP) is 7.24. The Balaban J connectivity index is 1.76. The molecule has 4 aromatic rings. The fourth-order valence-electron chi connectivity index (χ4n) is 3.09. The van der Waals surface area contributed by atoms with E-state index in [0.717, 1.165) is 18.2 Å². The molecule has 2 aromatic carbocycles. The van der Waals surface area contributed by atoms with Crippen LogP contribution in [0.2, 0.25) is 0 Å². The van der Waals surface area contributed by atoms with Gasteiger partial charge in [0.1, 0.15) is 12.1 Å². The second-order valence-corrected chi connectivity index (χ2v) is 7.52. The van der Waals surface area contributed by atoms with Crippen molar-refractivity contribution >= 4 is 38.3 Å². The van der Waals surface area contributed by atoms with E-state index in [1.165, 1.54) is 42.9 Å². The highest BCUT2D eigenvalue weighted by Crippen LogP contribution is 2.40. The molecule has 4 rings (SSSR count). The lowest BCUT2D eigenvalue weighted by Crippen LogP contribution is -2.08. The van der Waals surface area contributed by atoms with E-state index in [4.69, 9.17) is 0 Å². The van der Waals surface area contributed by atoms with Gasteiger partial charge in [0, 0.05) is 27.3 Å². The van der Waals surface area contributed by atoms with Gasteiger partial charge in [0.25, 0.3) is 0 Å². The van der Waals surface area contributed by atoms with Crippen LogP contribution in [-0.4, -0.2) is 15.0 Å². The summed E-state index contributed by atoms with van der Waals surface area (Å²) in [4.78, 5) is 12.1. The van der Waals surface area contributed by atoms with Gasteiger partial charge >= 0.3 is 12.4 Å². The molecule has 0 saturated carbocycles. The van der Waals surface area contributed by atoms with Gasteiger partial charge in [-0.3, -0.25) is 4.98 Å². The minimum atomic E-state index is -4.60. The monoisotopic (exact) mass is 512 g/mol. The van der Waals surface area contributed by atoms with Crippen LogP contribution in [0.1, 0.15) is 11.1 Å². The molecule has 2 heterocycles. The van der Waals surface area contributed by atoms with Gasteiger partial charge in [0.05, 0.1) is 22.3 Å². The molecule has 0 atom stereocenters. The summed E-state index contributed by atoms with van der Waals surface area (Å²) in [6.45, 7) is 0. The number of halogens is 7. The Bertz CT molecular complexity index is 1290. The first-order chi connectivity index (χ1) is 15.0. The molecule has 0 aliphatic carbocycles. The molecular formula is C21H11BrF6N4. The standard InChI is InChI=1S/C21H11BrF6N4/c22-16-8-14-17(9-13(16)18-15(21(26,27)28)2-1-7-29-18)30-10-31-19(14)32-12-5-3-11(4-6-12)20(23,24)25/h1-10H,(H,30,31,32). The van der Waals surface area contributed by atoms with Crippen molar-refractivity contribution < 1.29 is 26.3 Å². The topological polar surface area (TPSA) is 50.7 Å². The van der Waals surface area contributed by atoms with Crippen LogP contribution in [0.5, 0.6) is 0 Å². The number of nitrogens with one attached hydrogen (secondary N) is 1. The molecule has 0 saturated heterocycles. The van der Waals surface area contributed by atoms with E-state index in [2.05, 4.69) is 36.2 Å². The summed E-state index contributed by atoms with van der Waals surface area (Å²) >= 11 is 3.29. The van der Waals surface area contributed by atoms with Crippen LogP contribution >= 0.6 is 15.9 Å². The molecule has 0 amide bonds. The Kier molecular flexibility index (Phi) is 5.53. The van der Waals surface area contributed by atoms with Crippen molar-refractivity contribution in [3.8, 4) is 11.3 Å². The maximum Gasteiger partial charge on any atom is 0.418 e. The third kappa shape index (κ3) is 4.38. The lowest BCUT2D eigenvalue weighted by atomic mass is 10.0. The minimum absolute atomic E-state index is 0.185. The fraction of sp³-hybridized carbons (Fsp3) is 0.0952. The van der Waals surface area contributed by atoms with Crippen LogP contribution < -0.4 is 5.32 Å². The lowest BCUT2D eigenvalue weighted by molar-refractivity contribution is -0.138. The molecule has 0 unspecified atom stereocenters. The van der Waals surface area contributed by atoms with Crippen LogP contribution in [0, 0.1) is 0 Å². The molecule has 0 aliphatic rings. The summed E-state index contributed by atoms with van der Waals surface area (Å²) in [5.41, 5.74) is -1.08. The molecule has 0 fully saturated rings. The molecular weight excluding hydrogens is 502 g/mol. The molecule has 164 valence electrons. The molecule has 1 N–H and O–H groups in total. The van der Waals surface area contributed by atoms with E-state index in [1.54, 1.807) is 0 Å². The maximum absolute atomic E-state index is 13.4. The number of fused-ring (bicyclic) bond motifs is 1. The number of benzene rings is 2. The Labute approximate surface area is 185 Å². The maximum atomic E-state index is 13.4. The highest BCUT2D eigenvalue weighted by molar-refractivity contribution is 9.10. The first kappa shape index (κ1) is 22.0. The van der Waals surface area contributed by atoms with Gasteiger partial charge in [-0.25, -0.2) is 9.97 Å². The summed E-state index contributed by atoms with van der Waals surface area (Å²) in [5.74, 6) is 0.277. The molecule has 11 heteroatoms. The number of alkyl halides is 6. The molecule has 32 heavy (non-hydrogen) atoms. The highest BCUT2D eigenvalue weighted by atomic mass is 79.9. The second-order valence-electron chi connectivity index (χ2n) is 6.67. The zero-order chi connectivity index (χ0) is 23.1. The van der Waals surface area contributed by atoms with Gasteiger partial charge in [-0.1, -0.05) is 15.9 Å². The fourth-order valence-corrected chi connectivity index (χ4v) is 3.62. The largest absolute Gasteiger partial charge is 0.418 e. The number of hydrogen-bond acceptors (Lipinski definition) is 4. The van der Waals surface area contributed by atoms with Crippen molar-refractivity contribution in [3.05, 3.63) is 76.7 Å². The Morgan fingerprint density at radius 1 is 0.812 bits per heavy atom. The molecule has 0 radical (unpaired) electrons. The van der Waals surface area contributed by atoms with E-state index >= 15 is 0 Å². The van der Waals surface area contributed by atoms with Crippen molar-refractivity contribution in [1.29, 1.82) is 0 Å². The van der Waals surface area contributed by atoms with E-state index in [9.17, 15) is 26.3 Å². The van der Waals surface area contributed by atoms with Crippen LogP contribution in [-0.2, 0) is 12.4 Å². The van der Waals surface area contributed by atoms with Crippen LogP contribution in [0.25, 0.3) is 22.2 Å².